The molecule has 3 aromatic rings. The molecule has 0 aliphatic carbocycles. The van der Waals surface area contributed by atoms with Crippen LogP contribution in [0, 0.1) is 0 Å². The molecule has 1 unspecified atom stereocenters. The fourth-order valence-corrected chi connectivity index (χ4v) is 3.64. The molecule has 1 N–H and O–H groups in total. The van der Waals surface area contributed by atoms with Gasteiger partial charge >= 0.3 is 5.97 Å². The van der Waals surface area contributed by atoms with Gasteiger partial charge in [0.25, 0.3) is 5.56 Å². The lowest BCUT2D eigenvalue weighted by atomic mass is 10.1. The molecule has 0 radical (unpaired) electrons. The second kappa shape index (κ2) is 8.35. The third-order valence-electron chi connectivity index (χ3n) is 4.44. The molecule has 0 aliphatic heterocycles. The van der Waals surface area contributed by atoms with Crippen molar-refractivity contribution in [1.82, 2.24) is 9.55 Å². The first-order chi connectivity index (χ1) is 13.5. The molecule has 1 amide bonds. The summed E-state index contributed by atoms with van der Waals surface area (Å²) in [6.07, 6.45) is 2.25. The standard InChI is InChI=1S/C20H21N3O4S/c1-4-13-6-8-14(9-7-13)22-17(24)12(3)23-11-21-18-16(19(23)25)15(10-28-18)20(26)27-5-2/h6-12H,4-5H2,1-3H3,(H,22,24). The van der Waals surface area contributed by atoms with E-state index in [2.05, 4.69) is 17.2 Å². The number of ether oxygens (including phenoxy) is 1. The first-order valence-corrected chi connectivity index (χ1v) is 9.89. The van der Waals surface area contributed by atoms with Crippen LogP contribution in [0.25, 0.3) is 10.2 Å². The van der Waals surface area contributed by atoms with Crippen molar-refractivity contribution in [2.75, 3.05) is 11.9 Å². The number of nitrogens with zero attached hydrogens (tertiary/aromatic N) is 2. The van der Waals surface area contributed by atoms with Crippen LogP contribution in [0.15, 0.2) is 40.8 Å². The van der Waals surface area contributed by atoms with Crippen molar-refractivity contribution in [1.29, 1.82) is 0 Å². The molecular formula is C20H21N3O4S. The summed E-state index contributed by atoms with van der Waals surface area (Å²) < 4.78 is 6.24. The van der Waals surface area contributed by atoms with Gasteiger partial charge in [0.1, 0.15) is 10.9 Å². The summed E-state index contributed by atoms with van der Waals surface area (Å²) in [5, 5.41) is 4.54. The molecule has 8 heteroatoms. The summed E-state index contributed by atoms with van der Waals surface area (Å²) in [5.41, 5.74) is 1.55. The summed E-state index contributed by atoms with van der Waals surface area (Å²) in [4.78, 5) is 42.3. The van der Waals surface area contributed by atoms with Crippen LogP contribution in [-0.2, 0) is 16.0 Å². The topological polar surface area (TPSA) is 90.3 Å². The van der Waals surface area contributed by atoms with E-state index in [0.717, 1.165) is 6.42 Å². The van der Waals surface area contributed by atoms with Crippen LogP contribution in [0.1, 0.15) is 42.7 Å². The average Bonchev–Trinajstić information content (AvgIpc) is 3.14. The molecule has 0 spiro atoms. The SMILES string of the molecule is CCOC(=O)c1csc2ncn(C(C)C(=O)Nc3ccc(CC)cc3)c(=O)c12. The first-order valence-electron chi connectivity index (χ1n) is 9.01. The second-order valence-electron chi connectivity index (χ2n) is 6.22. The van der Waals surface area contributed by atoms with Crippen molar-refractivity contribution >= 4 is 39.1 Å². The molecule has 2 aromatic heterocycles. The van der Waals surface area contributed by atoms with E-state index in [-0.39, 0.29) is 23.5 Å². The van der Waals surface area contributed by atoms with Crippen molar-refractivity contribution in [3.05, 3.63) is 57.5 Å². The van der Waals surface area contributed by atoms with Crippen LogP contribution >= 0.6 is 11.3 Å². The van der Waals surface area contributed by atoms with Crippen molar-refractivity contribution in [3.63, 3.8) is 0 Å². The Balaban J connectivity index is 1.90. The van der Waals surface area contributed by atoms with Crippen LogP contribution in [-0.4, -0.2) is 28.0 Å². The van der Waals surface area contributed by atoms with Gasteiger partial charge in [-0.05, 0) is 38.0 Å². The molecule has 28 heavy (non-hydrogen) atoms. The van der Waals surface area contributed by atoms with Gasteiger partial charge in [-0.3, -0.25) is 14.2 Å². The first kappa shape index (κ1) is 19.8. The van der Waals surface area contributed by atoms with Crippen LogP contribution in [0.4, 0.5) is 5.69 Å². The molecule has 7 nitrogen and oxygen atoms in total. The number of fused-ring (bicyclic) bond motifs is 1. The van der Waals surface area contributed by atoms with E-state index in [1.165, 1.54) is 27.8 Å². The predicted octanol–water partition coefficient (Wildman–Crippen LogP) is 3.40. The number of amides is 1. The number of anilines is 1. The van der Waals surface area contributed by atoms with Gasteiger partial charge in [0.2, 0.25) is 5.91 Å². The summed E-state index contributed by atoms with van der Waals surface area (Å²) in [6.45, 7) is 5.57. The Bertz CT molecular complexity index is 1070. The van der Waals surface area contributed by atoms with Crippen molar-refractivity contribution in [3.8, 4) is 0 Å². The minimum absolute atomic E-state index is 0.177. The van der Waals surface area contributed by atoms with E-state index in [9.17, 15) is 14.4 Å². The van der Waals surface area contributed by atoms with Crippen LogP contribution in [0.5, 0.6) is 0 Å². The van der Waals surface area contributed by atoms with Crippen LogP contribution in [0.2, 0.25) is 0 Å². The fraction of sp³-hybridized carbons (Fsp3) is 0.300. The van der Waals surface area contributed by atoms with Crippen LogP contribution in [0.3, 0.4) is 0 Å². The molecule has 0 saturated heterocycles. The number of esters is 1. The summed E-state index contributed by atoms with van der Waals surface area (Å²) >= 11 is 1.19. The maximum Gasteiger partial charge on any atom is 0.339 e. The van der Waals surface area contributed by atoms with E-state index in [1.807, 2.05) is 24.3 Å². The highest BCUT2D eigenvalue weighted by Gasteiger charge is 2.22. The average molecular weight is 399 g/mol. The molecular weight excluding hydrogens is 378 g/mol. The van der Waals surface area contributed by atoms with E-state index in [1.54, 1.807) is 19.2 Å². The molecule has 0 aliphatic rings. The van der Waals surface area contributed by atoms with Gasteiger partial charge in [0.05, 0.1) is 23.9 Å². The molecule has 2 heterocycles. The van der Waals surface area contributed by atoms with E-state index in [0.29, 0.717) is 10.5 Å². The lowest BCUT2D eigenvalue weighted by Crippen LogP contribution is -2.32. The third-order valence-corrected chi connectivity index (χ3v) is 5.33. The number of aryl methyl sites for hydroxylation is 1. The predicted molar refractivity (Wildman–Crippen MR) is 109 cm³/mol. The summed E-state index contributed by atoms with van der Waals surface area (Å²) in [5.74, 6) is -0.918. The van der Waals surface area contributed by atoms with Gasteiger partial charge < -0.3 is 10.1 Å². The van der Waals surface area contributed by atoms with Crippen molar-refractivity contribution in [2.45, 2.75) is 33.2 Å². The Morgan fingerprint density at radius 2 is 1.96 bits per heavy atom. The highest BCUT2D eigenvalue weighted by molar-refractivity contribution is 7.17. The fourth-order valence-electron chi connectivity index (χ4n) is 2.78. The summed E-state index contributed by atoms with van der Waals surface area (Å²) in [6, 6.07) is 6.73. The zero-order chi connectivity index (χ0) is 20.3. The second-order valence-corrected chi connectivity index (χ2v) is 7.08. The Morgan fingerprint density at radius 1 is 1.25 bits per heavy atom. The summed E-state index contributed by atoms with van der Waals surface area (Å²) in [7, 11) is 0. The lowest BCUT2D eigenvalue weighted by molar-refractivity contribution is -0.118. The molecule has 1 atom stereocenters. The molecule has 3 rings (SSSR count). The van der Waals surface area contributed by atoms with Gasteiger partial charge in [-0.15, -0.1) is 11.3 Å². The maximum atomic E-state index is 12.9. The van der Waals surface area contributed by atoms with E-state index >= 15 is 0 Å². The van der Waals surface area contributed by atoms with Crippen LogP contribution < -0.4 is 10.9 Å². The third kappa shape index (κ3) is 3.82. The molecule has 0 saturated carbocycles. The number of hydrogen-bond donors (Lipinski definition) is 1. The minimum Gasteiger partial charge on any atom is -0.462 e. The normalized spacial score (nSPS) is 12.0. The lowest BCUT2D eigenvalue weighted by Gasteiger charge is -2.15. The van der Waals surface area contributed by atoms with Crippen molar-refractivity contribution in [2.24, 2.45) is 0 Å². The number of rotatable bonds is 6. The maximum absolute atomic E-state index is 12.9. The Labute approximate surface area is 166 Å². The largest absolute Gasteiger partial charge is 0.462 e. The quantitative estimate of drug-likeness (QED) is 0.642. The van der Waals surface area contributed by atoms with E-state index in [4.69, 9.17) is 4.74 Å². The van der Waals surface area contributed by atoms with Crippen molar-refractivity contribution < 1.29 is 14.3 Å². The highest BCUT2D eigenvalue weighted by atomic mass is 32.1. The van der Waals surface area contributed by atoms with Gasteiger partial charge in [0, 0.05) is 11.1 Å². The molecule has 146 valence electrons. The highest BCUT2D eigenvalue weighted by Crippen LogP contribution is 2.22. The Morgan fingerprint density at radius 3 is 2.61 bits per heavy atom. The van der Waals surface area contributed by atoms with Gasteiger partial charge in [-0.1, -0.05) is 19.1 Å². The zero-order valence-corrected chi connectivity index (χ0v) is 16.7. The number of carbonyl (C=O) groups excluding carboxylic acids is 2. The van der Waals surface area contributed by atoms with Gasteiger partial charge in [-0.2, -0.15) is 0 Å². The number of carbonyl (C=O) groups is 2. The smallest absolute Gasteiger partial charge is 0.339 e. The molecule has 0 fully saturated rings. The van der Waals surface area contributed by atoms with Gasteiger partial charge in [0.15, 0.2) is 0 Å². The number of hydrogen-bond acceptors (Lipinski definition) is 6. The zero-order valence-electron chi connectivity index (χ0n) is 15.9. The minimum atomic E-state index is -0.801. The molecule has 0 bridgehead atoms. The number of aromatic nitrogens is 2. The Kier molecular flexibility index (Phi) is 5.89. The van der Waals surface area contributed by atoms with Gasteiger partial charge in [-0.25, -0.2) is 9.78 Å². The number of nitrogens with one attached hydrogen (secondary N) is 1. The van der Waals surface area contributed by atoms with E-state index < -0.39 is 17.6 Å². The monoisotopic (exact) mass is 399 g/mol. The number of thiophene rings is 1. The Hall–Kier alpha value is -3.00. The number of benzene rings is 1. The molecule has 1 aromatic carbocycles.